The summed E-state index contributed by atoms with van der Waals surface area (Å²) in [5, 5.41) is 15.9. The highest BCUT2D eigenvalue weighted by Gasteiger charge is 2.56. The molecule has 1 unspecified atom stereocenters. The quantitative estimate of drug-likeness (QED) is 0.811. The Morgan fingerprint density at radius 2 is 2.26 bits per heavy atom. The van der Waals surface area contributed by atoms with Gasteiger partial charge in [-0.15, -0.1) is 0 Å². The summed E-state index contributed by atoms with van der Waals surface area (Å²) in [6, 6.07) is 1.46. The molecule has 8 heteroatoms. The lowest BCUT2D eigenvalue weighted by atomic mass is 9.92. The number of aromatic amines is 1. The molecule has 106 valence electrons. The highest BCUT2D eigenvalue weighted by atomic mass is 19.4. The topological polar surface area (TPSA) is 69.2 Å². The first kappa shape index (κ1) is 13.9. The van der Waals surface area contributed by atoms with E-state index >= 15 is 0 Å². The first-order valence-corrected chi connectivity index (χ1v) is 5.83. The molecular weight excluding hydrogens is 263 g/mol. The summed E-state index contributed by atoms with van der Waals surface area (Å²) >= 11 is 0. The first-order valence-electron chi connectivity index (χ1n) is 5.83. The number of carbonyl (C=O) groups is 1. The van der Waals surface area contributed by atoms with Crippen molar-refractivity contribution in [3.05, 3.63) is 17.5 Å². The van der Waals surface area contributed by atoms with Crippen molar-refractivity contribution in [3.63, 3.8) is 0 Å². The third-order valence-corrected chi connectivity index (χ3v) is 3.21. The smallest absolute Gasteiger partial charge is 0.379 e. The number of β-amino-alcohol motifs (C(OH)–C–C–N with tert-alkyl or cyclic N) is 1. The molecule has 2 heterocycles. The Balaban J connectivity index is 2.16. The molecule has 0 aliphatic carbocycles. The number of piperidine rings is 1. The molecule has 1 fully saturated rings. The molecule has 1 amide bonds. The van der Waals surface area contributed by atoms with Crippen molar-refractivity contribution in [3.8, 4) is 0 Å². The van der Waals surface area contributed by atoms with E-state index < -0.39 is 24.2 Å². The summed E-state index contributed by atoms with van der Waals surface area (Å²) in [6.07, 6.45) is -5.03. The van der Waals surface area contributed by atoms with E-state index in [9.17, 15) is 23.1 Å². The molecule has 0 bridgehead atoms. The lowest BCUT2D eigenvalue weighted by molar-refractivity contribution is -0.271. The fourth-order valence-corrected chi connectivity index (χ4v) is 2.13. The van der Waals surface area contributed by atoms with Crippen molar-refractivity contribution < 1.29 is 23.1 Å². The van der Waals surface area contributed by atoms with Crippen LogP contribution in [0.5, 0.6) is 0 Å². The molecule has 1 saturated heterocycles. The van der Waals surface area contributed by atoms with Crippen LogP contribution in [0.3, 0.4) is 0 Å². The van der Waals surface area contributed by atoms with Gasteiger partial charge in [-0.25, -0.2) is 0 Å². The number of nitrogens with one attached hydrogen (secondary N) is 1. The van der Waals surface area contributed by atoms with Gasteiger partial charge in [-0.1, -0.05) is 0 Å². The summed E-state index contributed by atoms with van der Waals surface area (Å²) < 4.78 is 38.3. The Hall–Kier alpha value is -1.57. The number of aliphatic hydroxyl groups is 1. The normalized spacial score (nSPS) is 24.6. The van der Waals surface area contributed by atoms with Crippen LogP contribution < -0.4 is 0 Å². The van der Waals surface area contributed by atoms with Crippen molar-refractivity contribution >= 4 is 5.91 Å². The number of alkyl halides is 3. The van der Waals surface area contributed by atoms with Crippen LogP contribution >= 0.6 is 0 Å². The third kappa shape index (κ3) is 2.58. The Bertz CT molecular complexity index is 486. The molecule has 1 aromatic heterocycles. The van der Waals surface area contributed by atoms with E-state index in [1.165, 1.54) is 6.07 Å². The Kier molecular flexibility index (Phi) is 3.29. The van der Waals surface area contributed by atoms with Crippen LogP contribution in [0.25, 0.3) is 0 Å². The van der Waals surface area contributed by atoms with Gasteiger partial charge in [0, 0.05) is 12.2 Å². The van der Waals surface area contributed by atoms with Gasteiger partial charge in [-0.05, 0) is 25.8 Å². The number of halogens is 3. The molecular formula is C11H14F3N3O2. The average molecular weight is 277 g/mol. The molecule has 5 nitrogen and oxygen atoms in total. The number of hydrogen-bond donors (Lipinski definition) is 2. The van der Waals surface area contributed by atoms with Gasteiger partial charge in [-0.3, -0.25) is 9.89 Å². The van der Waals surface area contributed by atoms with Crippen molar-refractivity contribution in [2.75, 3.05) is 13.1 Å². The molecule has 1 aromatic rings. The van der Waals surface area contributed by atoms with E-state index in [0.29, 0.717) is 5.69 Å². The van der Waals surface area contributed by atoms with E-state index in [0.717, 1.165) is 4.90 Å². The Labute approximate surface area is 107 Å². The second-order valence-electron chi connectivity index (χ2n) is 4.80. The van der Waals surface area contributed by atoms with Crippen molar-refractivity contribution in [2.24, 2.45) is 0 Å². The zero-order chi connectivity index (χ0) is 14.3. The summed E-state index contributed by atoms with van der Waals surface area (Å²) in [4.78, 5) is 13.0. The van der Waals surface area contributed by atoms with E-state index in [1.807, 2.05) is 0 Å². The number of nitrogens with zero attached hydrogens (tertiary/aromatic N) is 2. The molecule has 1 aliphatic rings. The number of likely N-dealkylation sites (tertiary alicyclic amines) is 1. The minimum atomic E-state index is -4.74. The van der Waals surface area contributed by atoms with Crippen LogP contribution in [0.1, 0.15) is 29.0 Å². The monoisotopic (exact) mass is 277 g/mol. The summed E-state index contributed by atoms with van der Waals surface area (Å²) in [6.45, 7) is 1.12. The van der Waals surface area contributed by atoms with Crippen LogP contribution in [-0.2, 0) is 0 Å². The molecule has 1 aliphatic heterocycles. The first-order chi connectivity index (χ1) is 8.73. The molecule has 2 N–H and O–H groups in total. The number of rotatable bonds is 1. The standard InChI is InChI=1S/C11H14F3N3O2/c1-7-5-8(16-15-7)9(18)17-4-2-3-10(19,6-17)11(12,13)14/h5,19H,2-4,6H2,1H3,(H,15,16). The van der Waals surface area contributed by atoms with Gasteiger partial charge in [-0.2, -0.15) is 18.3 Å². The van der Waals surface area contributed by atoms with E-state index in [4.69, 9.17) is 0 Å². The van der Waals surface area contributed by atoms with Gasteiger partial charge >= 0.3 is 6.18 Å². The van der Waals surface area contributed by atoms with Crippen LogP contribution in [-0.4, -0.2) is 51.0 Å². The lowest BCUT2D eigenvalue weighted by Crippen LogP contribution is -2.58. The summed E-state index contributed by atoms with van der Waals surface area (Å²) in [5.41, 5.74) is -2.12. The number of H-pyrrole nitrogens is 1. The van der Waals surface area contributed by atoms with Crippen LogP contribution in [0, 0.1) is 6.92 Å². The SMILES string of the molecule is Cc1cc(C(=O)N2CCCC(O)(C(F)(F)F)C2)n[nH]1. The largest absolute Gasteiger partial charge is 0.418 e. The Morgan fingerprint density at radius 3 is 2.79 bits per heavy atom. The molecule has 0 spiro atoms. The minimum absolute atomic E-state index is 0.0592. The molecule has 1 atom stereocenters. The highest BCUT2D eigenvalue weighted by Crippen LogP contribution is 2.37. The van der Waals surface area contributed by atoms with Gasteiger partial charge in [0.15, 0.2) is 5.60 Å². The second-order valence-corrected chi connectivity index (χ2v) is 4.80. The van der Waals surface area contributed by atoms with Gasteiger partial charge in [0.2, 0.25) is 0 Å². The molecule has 19 heavy (non-hydrogen) atoms. The minimum Gasteiger partial charge on any atom is -0.379 e. The second kappa shape index (κ2) is 4.52. The summed E-state index contributed by atoms with van der Waals surface area (Å²) in [5.74, 6) is -0.605. The number of aromatic nitrogens is 2. The maximum Gasteiger partial charge on any atom is 0.418 e. The fourth-order valence-electron chi connectivity index (χ4n) is 2.13. The van der Waals surface area contributed by atoms with Gasteiger partial charge in [0.1, 0.15) is 5.69 Å². The molecule has 0 saturated carbocycles. The number of aryl methyl sites for hydroxylation is 1. The zero-order valence-corrected chi connectivity index (χ0v) is 10.3. The maximum absolute atomic E-state index is 12.8. The van der Waals surface area contributed by atoms with Gasteiger partial charge in [0.25, 0.3) is 5.91 Å². The van der Waals surface area contributed by atoms with Crippen molar-refractivity contribution in [1.29, 1.82) is 0 Å². The maximum atomic E-state index is 12.8. The Morgan fingerprint density at radius 1 is 1.58 bits per heavy atom. The van der Waals surface area contributed by atoms with Crippen LogP contribution in [0.2, 0.25) is 0 Å². The van der Waals surface area contributed by atoms with E-state index in [2.05, 4.69) is 10.2 Å². The highest BCUT2D eigenvalue weighted by molar-refractivity contribution is 5.92. The molecule has 0 aromatic carbocycles. The number of carbonyl (C=O) groups excluding carboxylic acids is 1. The number of amides is 1. The number of hydrogen-bond acceptors (Lipinski definition) is 3. The van der Waals surface area contributed by atoms with Crippen molar-refractivity contribution in [1.82, 2.24) is 15.1 Å². The lowest BCUT2D eigenvalue weighted by Gasteiger charge is -2.39. The van der Waals surface area contributed by atoms with Crippen LogP contribution in [0.4, 0.5) is 13.2 Å². The molecule has 2 rings (SSSR count). The van der Waals surface area contributed by atoms with Crippen LogP contribution in [0.15, 0.2) is 6.07 Å². The predicted octanol–water partition coefficient (Wildman–Crippen LogP) is 1.25. The third-order valence-electron chi connectivity index (χ3n) is 3.21. The van der Waals surface area contributed by atoms with Gasteiger partial charge < -0.3 is 10.0 Å². The molecule has 0 radical (unpaired) electrons. The van der Waals surface area contributed by atoms with Gasteiger partial charge in [0.05, 0.1) is 6.54 Å². The summed E-state index contributed by atoms with van der Waals surface area (Å²) in [7, 11) is 0. The van der Waals surface area contributed by atoms with E-state index in [1.54, 1.807) is 6.92 Å². The fraction of sp³-hybridized carbons (Fsp3) is 0.636. The van der Waals surface area contributed by atoms with E-state index in [-0.39, 0.29) is 25.1 Å². The predicted molar refractivity (Wildman–Crippen MR) is 59.5 cm³/mol. The average Bonchev–Trinajstić information content (AvgIpc) is 2.73. The zero-order valence-electron chi connectivity index (χ0n) is 10.3. The van der Waals surface area contributed by atoms with Crippen molar-refractivity contribution in [2.45, 2.75) is 31.5 Å².